The van der Waals surface area contributed by atoms with Crippen molar-refractivity contribution in [3.8, 4) is 0 Å². The molecule has 0 saturated heterocycles. The predicted molar refractivity (Wildman–Crippen MR) is 108 cm³/mol. The number of benzene rings is 1. The van der Waals surface area contributed by atoms with Crippen LogP contribution in [0.15, 0.2) is 26.4 Å². The molecular formula is C19H24F3NO3S2. The third kappa shape index (κ3) is 4.87. The summed E-state index contributed by atoms with van der Waals surface area (Å²) >= 11 is -0.203. The average molecular weight is 436 g/mol. The Morgan fingerprint density at radius 1 is 1.29 bits per heavy atom. The molecule has 1 aromatic heterocycles. The lowest BCUT2D eigenvalue weighted by molar-refractivity contribution is -0.137. The third-order valence-electron chi connectivity index (χ3n) is 4.11. The molecule has 0 aliphatic carbocycles. The van der Waals surface area contributed by atoms with E-state index in [4.69, 9.17) is 4.42 Å². The second-order valence-corrected chi connectivity index (χ2v) is 10.7. The van der Waals surface area contributed by atoms with Gasteiger partial charge in [-0.25, -0.2) is 0 Å². The van der Waals surface area contributed by atoms with Crippen LogP contribution < -0.4 is 10.2 Å². The Bertz CT molecular complexity index is 920. The Morgan fingerprint density at radius 3 is 2.39 bits per heavy atom. The smallest absolute Gasteiger partial charge is 0.416 e. The number of fused-ring (bicyclic) bond motifs is 1. The number of thioether (sulfide) groups is 1. The van der Waals surface area contributed by atoms with E-state index in [1.807, 2.05) is 6.92 Å². The number of nitrogens with one attached hydrogen (secondary N) is 1. The van der Waals surface area contributed by atoms with Crippen LogP contribution in [0.5, 0.6) is 0 Å². The molecule has 2 rings (SSSR count). The number of rotatable bonds is 5. The van der Waals surface area contributed by atoms with Gasteiger partial charge in [-0.2, -0.15) is 13.2 Å². The summed E-state index contributed by atoms with van der Waals surface area (Å²) in [6.45, 7) is 10.3. The van der Waals surface area contributed by atoms with E-state index in [0.717, 1.165) is 12.1 Å². The van der Waals surface area contributed by atoms with Crippen molar-refractivity contribution >= 4 is 34.1 Å². The summed E-state index contributed by atoms with van der Waals surface area (Å²) in [6, 6.07) is 1.06. The highest BCUT2D eigenvalue weighted by molar-refractivity contribution is 7.99. The van der Waals surface area contributed by atoms with Crippen molar-refractivity contribution in [1.82, 2.24) is 4.72 Å². The molecule has 0 saturated carbocycles. The summed E-state index contributed by atoms with van der Waals surface area (Å²) < 4.78 is 60.8. The zero-order chi connectivity index (χ0) is 21.4. The van der Waals surface area contributed by atoms with Crippen molar-refractivity contribution in [2.24, 2.45) is 0 Å². The number of hydrogen-bond acceptors (Lipinski definition) is 5. The molecule has 28 heavy (non-hydrogen) atoms. The number of alkyl halides is 3. The fourth-order valence-corrected chi connectivity index (χ4v) is 4.07. The molecule has 0 amide bonds. The van der Waals surface area contributed by atoms with Crippen molar-refractivity contribution in [3.63, 3.8) is 0 Å². The average Bonchev–Trinajstić information content (AvgIpc) is 2.57. The van der Waals surface area contributed by atoms with Crippen LogP contribution in [0.1, 0.15) is 57.4 Å². The zero-order valence-corrected chi connectivity index (χ0v) is 18.2. The number of halogens is 3. The minimum absolute atomic E-state index is 0.0884. The molecule has 0 fully saturated rings. The van der Waals surface area contributed by atoms with E-state index in [2.05, 4.69) is 4.72 Å². The second-order valence-electron chi connectivity index (χ2n) is 7.44. The van der Waals surface area contributed by atoms with E-state index in [1.165, 1.54) is 11.8 Å². The molecular weight excluding hydrogens is 411 g/mol. The molecule has 2 aromatic rings. The van der Waals surface area contributed by atoms with Gasteiger partial charge in [0.15, 0.2) is 10.5 Å². The summed E-state index contributed by atoms with van der Waals surface area (Å²) in [5, 5.41) is 0.253. The van der Waals surface area contributed by atoms with Crippen molar-refractivity contribution < 1.29 is 22.1 Å². The maximum absolute atomic E-state index is 13.4. The van der Waals surface area contributed by atoms with Crippen molar-refractivity contribution in [3.05, 3.63) is 39.0 Å². The monoisotopic (exact) mass is 435 g/mol. The highest BCUT2D eigenvalue weighted by Crippen LogP contribution is 2.36. The summed E-state index contributed by atoms with van der Waals surface area (Å²) in [4.78, 5) is 12.7. The van der Waals surface area contributed by atoms with Crippen LogP contribution in [0.2, 0.25) is 0 Å². The summed E-state index contributed by atoms with van der Waals surface area (Å²) in [6.07, 6.45) is -4.62. The van der Waals surface area contributed by atoms with Gasteiger partial charge in [-0.15, -0.1) is 4.72 Å². The normalized spacial score (nSPS) is 15.1. The zero-order valence-electron chi connectivity index (χ0n) is 16.6. The topological polar surface area (TPSA) is 65.3 Å². The SMILES string of the molecule is CCSc1oc2c(C(C)N[S+]([O-])C(C)(C)C)cc(C(F)(F)F)cc2c(=O)c1C. The molecule has 0 spiro atoms. The minimum atomic E-state index is -4.62. The van der Waals surface area contributed by atoms with Crippen LogP contribution in [0.25, 0.3) is 11.0 Å². The van der Waals surface area contributed by atoms with Crippen LogP contribution in [-0.2, 0) is 17.5 Å². The van der Waals surface area contributed by atoms with Gasteiger partial charge in [-0.3, -0.25) is 4.79 Å². The lowest BCUT2D eigenvalue weighted by Crippen LogP contribution is -2.40. The van der Waals surface area contributed by atoms with Crippen LogP contribution >= 0.6 is 11.8 Å². The molecule has 0 bridgehead atoms. The summed E-state index contributed by atoms with van der Waals surface area (Å²) in [5.74, 6) is 0.646. The predicted octanol–water partition coefficient (Wildman–Crippen LogP) is 5.35. The highest BCUT2D eigenvalue weighted by atomic mass is 32.2. The van der Waals surface area contributed by atoms with Gasteiger partial charge < -0.3 is 8.97 Å². The van der Waals surface area contributed by atoms with E-state index in [0.29, 0.717) is 10.8 Å². The van der Waals surface area contributed by atoms with Crippen LogP contribution in [0.3, 0.4) is 0 Å². The molecule has 1 aromatic carbocycles. The molecule has 2 unspecified atom stereocenters. The maximum atomic E-state index is 13.4. The largest absolute Gasteiger partial charge is 0.598 e. The van der Waals surface area contributed by atoms with Gasteiger partial charge in [0.1, 0.15) is 10.3 Å². The molecule has 4 nitrogen and oxygen atoms in total. The second kappa shape index (κ2) is 8.30. The summed E-state index contributed by atoms with van der Waals surface area (Å²) in [7, 11) is 0. The Morgan fingerprint density at radius 2 is 1.89 bits per heavy atom. The molecule has 1 heterocycles. The number of hydrogen-bond donors (Lipinski definition) is 1. The van der Waals surface area contributed by atoms with E-state index in [-0.39, 0.29) is 22.1 Å². The van der Waals surface area contributed by atoms with Crippen LogP contribution in [-0.4, -0.2) is 15.1 Å². The standard InChI is InChI=1S/C19H24F3NO3S2/c1-7-27-17-10(2)15(24)14-9-12(19(20,21)22)8-13(16(14)26-17)11(3)23-28(25)18(4,5)6/h8-9,11,23H,7H2,1-6H3. The van der Waals surface area contributed by atoms with Gasteiger partial charge in [0, 0.05) is 22.5 Å². The van der Waals surface area contributed by atoms with Gasteiger partial charge in [-0.05, 0) is 52.5 Å². The molecule has 2 atom stereocenters. The first-order valence-electron chi connectivity index (χ1n) is 8.76. The van der Waals surface area contributed by atoms with E-state index < -0.39 is 39.3 Å². The molecule has 9 heteroatoms. The van der Waals surface area contributed by atoms with E-state index in [9.17, 15) is 22.5 Å². The fourth-order valence-electron chi connectivity index (χ4n) is 2.55. The van der Waals surface area contributed by atoms with E-state index in [1.54, 1.807) is 34.6 Å². The van der Waals surface area contributed by atoms with Crippen LogP contribution in [0, 0.1) is 6.92 Å². The van der Waals surface area contributed by atoms with Crippen molar-refractivity contribution in [2.75, 3.05) is 5.75 Å². The molecule has 0 aliphatic rings. The van der Waals surface area contributed by atoms with Gasteiger partial charge in [0.2, 0.25) is 0 Å². The first-order chi connectivity index (χ1) is 12.8. The fraction of sp³-hybridized carbons (Fsp3) is 0.526. The first-order valence-corrected chi connectivity index (χ1v) is 10.9. The van der Waals surface area contributed by atoms with Gasteiger partial charge in [-0.1, -0.05) is 18.7 Å². The molecule has 1 N–H and O–H groups in total. The van der Waals surface area contributed by atoms with Gasteiger partial charge in [0.05, 0.1) is 17.0 Å². The quantitative estimate of drug-likeness (QED) is 0.507. The Kier molecular flexibility index (Phi) is 6.85. The molecule has 0 aliphatic heterocycles. The highest BCUT2D eigenvalue weighted by Gasteiger charge is 2.35. The Hall–Kier alpha value is -1.16. The van der Waals surface area contributed by atoms with Crippen LogP contribution in [0.4, 0.5) is 13.2 Å². The third-order valence-corrected chi connectivity index (χ3v) is 6.73. The van der Waals surface area contributed by atoms with Crippen molar-refractivity contribution in [2.45, 2.75) is 63.6 Å². The lowest BCUT2D eigenvalue weighted by atomic mass is 10.0. The van der Waals surface area contributed by atoms with Gasteiger partial charge in [0.25, 0.3) is 0 Å². The molecule has 156 valence electrons. The minimum Gasteiger partial charge on any atom is -0.598 e. The van der Waals surface area contributed by atoms with E-state index >= 15 is 0 Å². The summed E-state index contributed by atoms with van der Waals surface area (Å²) in [5.41, 5.74) is -0.909. The van der Waals surface area contributed by atoms with Gasteiger partial charge >= 0.3 is 6.18 Å². The maximum Gasteiger partial charge on any atom is 0.416 e. The van der Waals surface area contributed by atoms with Crippen molar-refractivity contribution in [1.29, 1.82) is 0 Å². The Balaban J connectivity index is 2.75. The molecule has 0 radical (unpaired) electrons. The first kappa shape index (κ1) is 23.1. The Labute approximate surface area is 169 Å². The lowest BCUT2D eigenvalue weighted by Gasteiger charge is -2.27.